The molecule has 5 rings (SSSR count). The van der Waals surface area contributed by atoms with Crippen molar-refractivity contribution < 1.29 is 19.1 Å². The highest BCUT2D eigenvalue weighted by atomic mass is 16.7. The Labute approximate surface area is 210 Å². The van der Waals surface area contributed by atoms with E-state index in [4.69, 9.17) is 9.47 Å². The highest BCUT2D eigenvalue weighted by Crippen LogP contribution is 2.34. The maximum Gasteiger partial charge on any atom is 0.279 e. The van der Waals surface area contributed by atoms with E-state index in [-0.39, 0.29) is 35.3 Å². The molecule has 2 amide bonds. The summed E-state index contributed by atoms with van der Waals surface area (Å²) in [7, 11) is 0. The third-order valence-corrected chi connectivity index (χ3v) is 6.82. The summed E-state index contributed by atoms with van der Waals surface area (Å²) < 4.78 is 11.3. The van der Waals surface area contributed by atoms with Gasteiger partial charge in [0, 0.05) is 35.8 Å². The van der Waals surface area contributed by atoms with Gasteiger partial charge in [0.15, 0.2) is 6.29 Å². The average Bonchev–Trinajstić information content (AvgIpc) is 3.62. The maximum atomic E-state index is 13.9. The molecule has 2 aromatic heterocycles. The lowest BCUT2D eigenvalue weighted by atomic mass is 9.87. The first kappa shape index (κ1) is 24.1. The van der Waals surface area contributed by atoms with E-state index in [1.54, 1.807) is 24.5 Å². The fourth-order valence-electron chi connectivity index (χ4n) is 4.84. The van der Waals surface area contributed by atoms with Crippen molar-refractivity contribution in [2.24, 2.45) is 5.92 Å². The van der Waals surface area contributed by atoms with Crippen LogP contribution >= 0.6 is 0 Å². The Balaban J connectivity index is 1.55. The SMILES string of the molecule is CC(C)(C)c1ccc(N(C(=O)c2c[nH]cn2)C(C(=O)NC2COC3OCCC23)c2cccnc2)cc1. The van der Waals surface area contributed by atoms with Crippen molar-refractivity contribution in [2.75, 3.05) is 18.1 Å². The summed E-state index contributed by atoms with van der Waals surface area (Å²) >= 11 is 0. The molecule has 36 heavy (non-hydrogen) atoms. The van der Waals surface area contributed by atoms with Crippen molar-refractivity contribution in [3.05, 3.63) is 78.1 Å². The number of hydrogen-bond acceptors (Lipinski definition) is 6. The zero-order valence-corrected chi connectivity index (χ0v) is 20.7. The van der Waals surface area contributed by atoms with Gasteiger partial charge in [-0.2, -0.15) is 0 Å². The summed E-state index contributed by atoms with van der Waals surface area (Å²) in [5.74, 6) is -0.619. The van der Waals surface area contributed by atoms with Crippen LogP contribution in [0.2, 0.25) is 0 Å². The number of nitrogens with one attached hydrogen (secondary N) is 2. The van der Waals surface area contributed by atoms with Crippen LogP contribution in [-0.4, -0.2) is 52.3 Å². The van der Waals surface area contributed by atoms with Crippen LogP contribution in [0.15, 0.2) is 61.3 Å². The van der Waals surface area contributed by atoms with Gasteiger partial charge in [0.2, 0.25) is 5.91 Å². The van der Waals surface area contributed by atoms with Crippen LogP contribution in [0.25, 0.3) is 0 Å². The lowest BCUT2D eigenvalue weighted by Crippen LogP contribution is -2.49. The number of nitrogens with zero attached hydrogens (tertiary/aromatic N) is 3. The molecule has 1 aromatic carbocycles. The van der Waals surface area contributed by atoms with E-state index >= 15 is 0 Å². The minimum Gasteiger partial charge on any atom is -0.352 e. The van der Waals surface area contributed by atoms with Crippen molar-refractivity contribution in [2.45, 2.75) is 51.0 Å². The number of fused-ring (bicyclic) bond motifs is 1. The van der Waals surface area contributed by atoms with Crippen LogP contribution in [0.3, 0.4) is 0 Å². The molecular weight excluding hydrogens is 458 g/mol. The van der Waals surface area contributed by atoms with Gasteiger partial charge in [-0.25, -0.2) is 4.98 Å². The number of pyridine rings is 1. The molecule has 4 unspecified atom stereocenters. The molecule has 4 heterocycles. The molecule has 0 aliphatic carbocycles. The first-order chi connectivity index (χ1) is 17.3. The van der Waals surface area contributed by atoms with E-state index in [9.17, 15) is 9.59 Å². The smallest absolute Gasteiger partial charge is 0.279 e. The quantitative estimate of drug-likeness (QED) is 0.550. The van der Waals surface area contributed by atoms with Crippen molar-refractivity contribution >= 4 is 17.5 Å². The zero-order chi connectivity index (χ0) is 25.3. The molecule has 2 aliphatic rings. The molecule has 2 saturated heterocycles. The van der Waals surface area contributed by atoms with Crippen molar-refractivity contribution in [1.82, 2.24) is 20.3 Å². The lowest BCUT2D eigenvalue weighted by Gasteiger charge is -2.32. The van der Waals surface area contributed by atoms with Crippen LogP contribution in [0.1, 0.15) is 54.8 Å². The van der Waals surface area contributed by atoms with Gasteiger partial charge in [-0.1, -0.05) is 39.0 Å². The molecule has 2 aliphatic heterocycles. The molecule has 3 aromatic rings. The van der Waals surface area contributed by atoms with Crippen molar-refractivity contribution in [3.63, 3.8) is 0 Å². The Morgan fingerprint density at radius 3 is 2.64 bits per heavy atom. The Morgan fingerprint density at radius 2 is 1.97 bits per heavy atom. The fraction of sp³-hybridized carbons (Fsp3) is 0.407. The van der Waals surface area contributed by atoms with Gasteiger partial charge >= 0.3 is 0 Å². The van der Waals surface area contributed by atoms with Crippen LogP contribution in [0.4, 0.5) is 5.69 Å². The van der Waals surface area contributed by atoms with E-state index in [0.29, 0.717) is 24.5 Å². The highest BCUT2D eigenvalue weighted by Gasteiger charge is 2.44. The molecule has 9 nitrogen and oxygen atoms in total. The number of anilines is 1. The second-order valence-electron chi connectivity index (χ2n) is 10.3. The number of carbonyl (C=O) groups excluding carboxylic acids is 2. The van der Waals surface area contributed by atoms with Crippen LogP contribution in [0.5, 0.6) is 0 Å². The van der Waals surface area contributed by atoms with Crippen LogP contribution < -0.4 is 10.2 Å². The zero-order valence-electron chi connectivity index (χ0n) is 20.7. The fourth-order valence-corrected chi connectivity index (χ4v) is 4.84. The minimum atomic E-state index is -0.968. The van der Waals surface area contributed by atoms with E-state index < -0.39 is 11.9 Å². The molecule has 2 N–H and O–H groups in total. The van der Waals surface area contributed by atoms with Crippen molar-refractivity contribution in [1.29, 1.82) is 0 Å². The van der Waals surface area contributed by atoms with E-state index in [1.807, 2.05) is 24.3 Å². The molecular formula is C27H31N5O4. The largest absolute Gasteiger partial charge is 0.352 e. The molecule has 2 fully saturated rings. The molecule has 0 saturated carbocycles. The first-order valence-electron chi connectivity index (χ1n) is 12.2. The predicted molar refractivity (Wildman–Crippen MR) is 133 cm³/mol. The molecule has 0 radical (unpaired) electrons. The predicted octanol–water partition coefficient (Wildman–Crippen LogP) is 3.37. The number of H-pyrrole nitrogens is 1. The Kier molecular flexibility index (Phi) is 6.59. The third-order valence-electron chi connectivity index (χ3n) is 6.82. The summed E-state index contributed by atoms with van der Waals surface area (Å²) in [5, 5.41) is 3.14. The highest BCUT2D eigenvalue weighted by molar-refractivity contribution is 6.09. The van der Waals surface area contributed by atoms with Gasteiger partial charge in [0.25, 0.3) is 5.91 Å². The summed E-state index contributed by atoms with van der Waals surface area (Å²) in [6, 6.07) is 10.1. The van der Waals surface area contributed by atoms with Gasteiger partial charge < -0.3 is 19.8 Å². The molecule has 188 valence electrons. The number of amides is 2. The van der Waals surface area contributed by atoms with Crippen LogP contribution in [0, 0.1) is 5.92 Å². The van der Waals surface area contributed by atoms with Gasteiger partial charge in [0.1, 0.15) is 11.7 Å². The molecule has 4 atom stereocenters. The second kappa shape index (κ2) is 9.83. The summed E-state index contributed by atoms with van der Waals surface area (Å²) in [6.07, 6.45) is 6.76. The van der Waals surface area contributed by atoms with Gasteiger partial charge in [-0.15, -0.1) is 0 Å². The minimum absolute atomic E-state index is 0.0575. The van der Waals surface area contributed by atoms with E-state index in [0.717, 1.165) is 12.0 Å². The van der Waals surface area contributed by atoms with Crippen molar-refractivity contribution in [3.8, 4) is 0 Å². The van der Waals surface area contributed by atoms with E-state index in [2.05, 4.69) is 41.0 Å². The van der Waals surface area contributed by atoms with Gasteiger partial charge in [-0.3, -0.25) is 19.5 Å². The molecule has 0 spiro atoms. The third kappa shape index (κ3) is 4.76. The van der Waals surface area contributed by atoms with Crippen LogP contribution in [-0.2, 0) is 19.7 Å². The number of hydrogen-bond donors (Lipinski definition) is 2. The lowest BCUT2D eigenvalue weighted by molar-refractivity contribution is -0.123. The number of ether oxygens (including phenoxy) is 2. The maximum absolute atomic E-state index is 13.9. The standard InChI is InChI=1S/C27H31N5O4/c1-27(2,3)18-6-8-19(9-7-18)32(25(34)21-14-29-16-30-21)23(17-5-4-11-28-13-17)24(33)31-22-15-36-26-20(22)10-12-35-26/h4-9,11,13-14,16,20,22-23,26H,10,12,15H2,1-3H3,(H,29,30)(H,31,33). The normalized spacial score (nSPS) is 22.1. The number of rotatable bonds is 6. The number of carbonyl (C=O) groups is 2. The Bertz CT molecular complexity index is 1190. The second-order valence-corrected chi connectivity index (χ2v) is 10.3. The first-order valence-corrected chi connectivity index (χ1v) is 12.2. The summed E-state index contributed by atoms with van der Waals surface area (Å²) in [5.41, 5.74) is 2.46. The van der Waals surface area contributed by atoms with E-state index in [1.165, 1.54) is 17.4 Å². The number of benzene rings is 1. The monoisotopic (exact) mass is 489 g/mol. The van der Waals surface area contributed by atoms with Gasteiger partial charge in [-0.05, 0) is 35.6 Å². The number of aromatic amines is 1. The summed E-state index contributed by atoms with van der Waals surface area (Å²) in [6.45, 7) is 7.37. The topological polar surface area (TPSA) is 109 Å². The summed E-state index contributed by atoms with van der Waals surface area (Å²) in [4.78, 5) is 40.5. The molecule has 9 heteroatoms. The average molecular weight is 490 g/mol. The number of aromatic nitrogens is 3. The molecule has 0 bridgehead atoms. The number of imidazole rings is 1. The van der Waals surface area contributed by atoms with Gasteiger partial charge in [0.05, 0.1) is 25.6 Å². The Hall–Kier alpha value is -3.56. The Morgan fingerprint density at radius 1 is 1.17 bits per heavy atom.